The van der Waals surface area contributed by atoms with Crippen LogP contribution in [-0.2, 0) is 23.8 Å². The van der Waals surface area contributed by atoms with Gasteiger partial charge in [-0.3, -0.25) is 4.79 Å². The Balaban J connectivity index is 4.88. The average Bonchev–Trinajstić information content (AvgIpc) is 2.66. The van der Waals surface area contributed by atoms with Gasteiger partial charge >= 0.3 is 11.9 Å². The van der Waals surface area contributed by atoms with Crippen LogP contribution in [0.25, 0.3) is 0 Å². The maximum Gasteiger partial charge on any atom is 0.330 e. The van der Waals surface area contributed by atoms with Crippen molar-refractivity contribution < 1.29 is 23.8 Å². The summed E-state index contributed by atoms with van der Waals surface area (Å²) in [7, 11) is 0. The number of ether oxygens (including phenoxy) is 3. The van der Waals surface area contributed by atoms with E-state index in [4.69, 9.17) is 14.2 Å². The van der Waals surface area contributed by atoms with Crippen LogP contribution in [0.2, 0.25) is 0 Å². The van der Waals surface area contributed by atoms with E-state index in [1.165, 1.54) is 6.08 Å². The number of carbonyl (C=O) groups is 2. The van der Waals surface area contributed by atoms with Crippen molar-refractivity contribution in [3.05, 3.63) is 24.8 Å². The van der Waals surface area contributed by atoms with Crippen molar-refractivity contribution in [1.82, 2.24) is 0 Å². The minimum absolute atomic E-state index is 0.0893. The van der Waals surface area contributed by atoms with Gasteiger partial charge in [0, 0.05) is 12.5 Å². The highest BCUT2D eigenvalue weighted by atomic mass is 16.6. The maximum absolute atomic E-state index is 13.2. The lowest BCUT2D eigenvalue weighted by atomic mass is 9.72. The molecule has 0 rings (SSSR count). The molecule has 0 aromatic carbocycles. The highest BCUT2D eigenvalue weighted by Crippen LogP contribution is 2.40. The van der Waals surface area contributed by atoms with E-state index in [1.807, 2.05) is 41.5 Å². The summed E-state index contributed by atoms with van der Waals surface area (Å²) in [6, 6.07) is 0. The largest absolute Gasteiger partial charge is 0.463 e. The third-order valence-electron chi connectivity index (χ3n) is 6.32. The third kappa shape index (κ3) is 16.8. The first-order valence-corrected chi connectivity index (χ1v) is 13.8. The fraction of sp³-hybridized carbons (Fsp3) is 0.812. The second kappa shape index (κ2) is 13.4. The van der Waals surface area contributed by atoms with Gasteiger partial charge in [-0.1, -0.05) is 67.2 Å². The van der Waals surface area contributed by atoms with Gasteiger partial charge in [0.25, 0.3) is 0 Å². The van der Waals surface area contributed by atoms with Gasteiger partial charge in [0.05, 0.1) is 24.2 Å². The molecule has 0 amide bonds. The zero-order valence-corrected chi connectivity index (χ0v) is 26.4. The van der Waals surface area contributed by atoms with Crippen molar-refractivity contribution in [1.29, 1.82) is 0 Å². The lowest BCUT2D eigenvalue weighted by Gasteiger charge is -2.36. The van der Waals surface area contributed by atoms with Crippen LogP contribution in [0.5, 0.6) is 0 Å². The van der Waals surface area contributed by atoms with Crippen LogP contribution >= 0.6 is 0 Å². The Morgan fingerprint density at radius 2 is 1.22 bits per heavy atom. The molecule has 0 fully saturated rings. The number of rotatable bonds is 16. The van der Waals surface area contributed by atoms with E-state index >= 15 is 0 Å². The zero-order valence-electron chi connectivity index (χ0n) is 26.4. The summed E-state index contributed by atoms with van der Waals surface area (Å²) >= 11 is 0. The lowest BCUT2D eigenvalue weighted by Crippen LogP contribution is -2.39. The Morgan fingerprint density at radius 1 is 0.703 bits per heavy atom. The zero-order chi connectivity index (χ0) is 29.3. The summed E-state index contributed by atoms with van der Waals surface area (Å²) < 4.78 is 17.1. The van der Waals surface area contributed by atoms with Crippen molar-refractivity contribution in [2.24, 2.45) is 21.7 Å². The molecular formula is C32H58O5. The average molecular weight is 523 g/mol. The van der Waals surface area contributed by atoms with Crippen molar-refractivity contribution >= 4 is 11.9 Å². The highest BCUT2D eigenvalue weighted by molar-refractivity contribution is 5.81. The summed E-state index contributed by atoms with van der Waals surface area (Å²) in [5.41, 5.74) is -1.43. The van der Waals surface area contributed by atoms with Crippen LogP contribution in [0.15, 0.2) is 24.8 Å². The fourth-order valence-electron chi connectivity index (χ4n) is 4.96. The predicted molar refractivity (Wildman–Crippen MR) is 154 cm³/mol. The van der Waals surface area contributed by atoms with E-state index in [1.54, 1.807) is 0 Å². The van der Waals surface area contributed by atoms with E-state index in [9.17, 15) is 9.59 Å². The number of allylic oxidation sites excluding steroid dienone is 2. The molecule has 0 aromatic heterocycles. The Bertz CT molecular complexity index is 775. The van der Waals surface area contributed by atoms with Gasteiger partial charge in [0.2, 0.25) is 0 Å². The normalized spacial score (nSPS) is 14.1. The molecule has 0 radical (unpaired) electrons. The first-order valence-electron chi connectivity index (χ1n) is 13.8. The Kier molecular flexibility index (Phi) is 12.9. The smallest absolute Gasteiger partial charge is 0.330 e. The molecule has 5 nitrogen and oxygen atoms in total. The first-order chi connectivity index (χ1) is 16.4. The van der Waals surface area contributed by atoms with Crippen molar-refractivity contribution in [2.45, 2.75) is 133 Å². The molecule has 0 aliphatic rings. The van der Waals surface area contributed by atoms with Gasteiger partial charge in [0.15, 0.2) is 0 Å². The molecule has 0 aliphatic carbocycles. The molecule has 0 N–H and O–H groups in total. The fourth-order valence-corrected chi connectivity index (χ4v) is 4.96. The summed E-state index contributed by atoms with van der Waals surface area (Å²) in [5, 5.41) is 0. The summed E-state index contributed by atoms with van der Waals surface area (Å²) in [6.45, 7) is 31.8. The topological polar surface area (TPSA) is 61.8 Å². The first kappa shape index (κ1) is 35.4. The SMILES string of the molecule is C=CC(=O)OCCCC(C)(C)OCCC(C)(C)OC(=O)C(C)(C)CC(C)(C)/C=C/C(C)(C)CC(C)(C)C. The van der Waals surface area contributed by atoms with Gasteiger partial charge in [-0.2, -0.15) is 0 Å². The molecule has 0 heterocycles. The van der Waals surface area contributed by atoms with Crippen LogP contribution in [0, 0.1) is 21.7 Å². The number of hydrogen-bond acceptors (Lipinski definition) is 5. The van der Waals surface area contributed by atoms with Gasteiger partial charge in [-0.25, -0.2) is 4.79 Å². The quantitative estimate of drug-likeness (QED) is 0.0880. The van der Waals surface area contributed by atoms with E-state index in [2.05, 4.69) is 67.2 Å². The molecular weight excluding hydrogens is 464 g/mol. The second-order valence-corrected chi connectivity index (χ2v) is 15.1. The minimum Gasteiger partial charge on any atom is -0.463 e. The summed E-state index contributed by atoms with van der Waals surface area (Å²) in [6.07, 6.45) is 9.58. The minimum atomic E-state index is -0.640. The maximum atomic E-state index is 13.2. The number of esters is 2. The summed E-state index contributed by atoms with van der Waals surface area (Å²) in [4.78, 5) is 24.4. The molecule has 216 valence electrons. The number of carbonyl (C=O) groups excluding carboxylic acids is 2. The van der Waals surface area contributed by atoms with Gasteiger partial charge in [-0.15, -0.1) is 0 Å². The van der Waals surface area contributed by atoms with Crippen LogP contribution in [-0.4, -0.2) is 36.4 Å². The molecule has 0 atom stereocenters. The van der Waals surface area contributed by atoms with Crippen molar-refractivity contribution in [3.63, 3.8) is 0 Å². The number of hydrogen-bond donors (Lipinski definition) is 0. The van der Waals surface area contributed by atoms with Gasteiger partial charge < -0.3 is 14.2 Å². The molecule has 0 aromatic rings. The van der Waals surface area contributed by atoms with Crippen LogP contribution in [0.3, 0.4) is 0 Å². The van der Waals surface area contributed by atoms with E-state index in [-0.39, 0.29) is 27.8 Å². The van der Waals surface area contributed by atoms with E-state index < -0.39 is 17.0 Å². The van der Waals surface area contributed by atoms with Gasteiger partial charge in [0.1, 0.15) is 5.60 Å². The highest BCUT2D eigenvalue weighted by Gasteiger charge is 2.38. The van der Waals surface area contributed by atoms with Crippen molar-refractivity contribution in [2.75, 3.05) is 13.2 Å². The van der Waals surface area contributed by atoms with Crippen LogP contribution in [0.1, 0.15) is 122 Å². The molecule has 0 aliphatic heterocycles. The molecule has 0 unspecified atom stereocenters. The van der Waals surface area contributed by atoms with Crippen LogP contribution in [0.4, 0.5) is 0 Å². The molecule has 0 saturated heterocycles. The summed E-state index contributed by atoms with van der Waals surface area (Å²) in [5.74, 6) is -0.592. The third-order valence-corrected chi connectivity index (χ3v) is 6.32. The molecule has 0 spiro atoms. The molecule has 0 saturated carbocycles. The predicted octanol–water partition coefficient (Wildman–Crippen LogP) is 8.46. The Labute approximate surface area is 228 Å². The van der Waals surface area contributed by atoms with E-state index in [0.29, 0.717) is 32.5 Å². The second-order valence-electron chi connectivity index (χ2n) is 15.1. The lowest BCUT2D eigenvalue weighted by molar-refractivity contribution is -0.171. The Morgan fingerprint density at radius 3 is 1.70 bits per heavy atom. The van der Waals surface area contributed by atoms with Crippen LogP contribution < -0.4 is 0 Å². The van der Waals surface area contributed by atoms with E-state index in [0.717, 1.165) is 12.8 Å². The monoisotopic (exact) mass is 522 g/mol. The Hall–Kier alpha value is -1.62. The van der Waals surface area contributed by atoms with Gasteiger partial charge in [-0.05, 0) is 83.5 Å². The molecule has 0 bridgehead atoms. The molecule has 5 heteroatoms. The van der Waals surface area contributed by atoms with Crippen molar-refractivity contribution in [3.8, 4) is 0 Å². The molecule has 37 heavy (non-hydrogen) atoms. The standard InChI is InChI=1S/C32H58O5/c1-15-25(33)35-21-16-17-31(11,12)36-22-20-32(13,14)37-26(34)30(9,10)24-29(7,8)19-18-28(5,6)23-27(2,3)4/h15,18-19H,1,16-17,20-24H2,2-14H3/b19-18+.